The molecule has 4 heteroatoms. The summed E-state index contributed by atoms with van der Waals surface area (Å²) < 4.78 is 1.12. The molecule has 0 fully saturated rings. The average molecular weight is 247 g/mol. The lowest BCUT2D eigenvalue weighted by Crippen LogP contribution is -1.96. The van der Waals surface area contributed by atoms with Crippen LogP contribution in [0.5, 0.6) is 0 Å². The Morgan fingerprint density at radius 1 is 1.19 bits per heavy atom. The molecule has 2 heterocycles. The Hall–Kier alpha value is -1.23. The van der Waals surface area contributed by atoms with Gasteiger partial charge in [-0.3, -0.25) is 0 Å². The molecule has 2 aromatic heterocycles. The molecule has 0 aliphatic heterocycles. The highest BCUT2D eigenvalue weighted by Gasteiger charge is 2.15. The van der Waals surface area contributed by atoms with Gasteiger partial charge in [0.05, 0.1) is 10.2 Å². The predicted octanol–water partition coefficient (Wildman–Crippen LogP) is 3.44. The zero-order valence-corrected chi connectivity index (χ0v) is 9.96. The fourth-order valence-electron chi connectivity index (χ4n) is 1.58. The average Bonchev–Trinajstić information content (AvgIpc) is 2.97. The van der Waals surface area contributed by atoms with E-state index in [1.807, 2.05) is 41.1 Å². The Kier molecular flexibility index (Phi) is 2.47. The molecule has 80 valence electrons. The zero-order chi connectivity index (χ0) is 11.0. The van der Waals surface area contributed by atoms with Crippen LogP contribution in [0.25, 0.3) is 10.2 Å². The van der Waals surface area contributed by atoms with Crippen molar-refractivity contribution in [3.05, 3.63) is 51.7 Å². The first-order valence-corrected chi connectivity index (χ1v) is 6.66. The van der Waals surface area contributed by atoms with Crippen LogP contribution in [0.15, 0.2) is 41.1 Å². The Morgan fingerprint density at radius 2 is 2.06 bits per heavy atom. The van der Waals surface area contributed by atoms with Gasteiger partial charge in [-0.1, -0.05) is 12.1 Å². The van der Waals surface area contributed by atoms with Crippen LogP contribution in [-0.4, -0.2) is 10.1 Å². The smallest absolute Gasteiger partial charge is 0.131 e. The van der Waals surface area contributed by atoms with E-state index in [0.717, 1.165) is 20.8 Å². The molecule has 16 heavy (non-hydrogen) atoms. The lowest BCUT2D eigenvalue weighted by molar-refractivity contribution is 0.220. The van der Waals surface area contributed by atoms with Gasteiger partial charge < -0.3 is 5.11 Å². The number of aromatic nitrogens is 1. The van der Waals surface area contributed by atoms with Gasteiger partial charge in [0.15, 0.2) is 0 Å². The van der Waals surface area contributed by atoms with E-state index >= 15 is 0 Å². The summed E-state index contributed by atoms with van der Waals surface area (Å²) in [5, 5.41) is 14.8. The van der Waals surface area contributed by atoms with Crippen molar-refractivity contribution in [2.24, 2.45) is 0 Å². The van der Waals surface area contributed by atoms with Gasteiger partial charge in [-0.2, -0.15) is 11.3 Å². The number of para-hydroxylation sites is 1. The number of benzene rings is 1. The van der Waals surface area contributed by atoms with Crippen molar-refractivity contribution < 1.29 is 5.11 Å². The molecular formula is C12H9NOS2. The molecule has 0 amide bonds. The first-order chi connectivity index (χ1) is 7.84. The highest BCUT2D eigenvalue weighted by molar-refractivity contribution is 7.18. The van der Waals surface area contributed by atoms with E-state index in [1.165, 1.54) is 0 Å². The highest BCUT2D eigenvalue weighted by atomic mass is 32.1. The normalized spacial score (nSPS) is 13.1. The number of nitrogens with zero attached hydrogens (tertiary/aromatic N) is 1. The molecule has 1 aromatic carbocycles. The molecule has 2 nitrogen and oxygen atoms in total. The van der Waals surface area contributed by atoms with E-state index in [1.54, 1.807) is 22.7 Å². The molecule has 0 spiro atoms. The van der Waals surface area contributed by atoms with Crippen LogP contribution < -0.4 is 0 Å². The van der Waals surface area contributed by atoms with Crippen LogP contribution in [0, 0.1) is 0 Å². The van der Waals surface area contributed by atoms with Crippen LogP contribution in [0.1, 0.15) is 16.7 Å². The second-order valence-corrected chi connectivity index (χ2v) is 5.32. The van der Waals surface area contributed by atoms with Crippen molar-refractivity contribution in [1.82, 2.24) is 4.98 Å². The zero-order valence-electron chi connectivity index (χ0n) is 8.33. The number of thiophene rings is 1. The first kappa shape index (κ1) is 9.96. The topological polar surface area (TPSA) is 33.1 Å². The van der Waals surface area contributed by atoms with Crippen molar-refractivity contribution in [1.29, 1.82) is 0 Å². The quantitative estimate of drug-likeness (QED) is 0.752. The molecule has 3 rings (SSSR count). The Bertz CT molecular complexity index is 567. The van der Waals surface area contributed by atoms with Gasteiger partial charge in [0.2, 0.25) is 0 Å². The van der Waals surface area contributed by atoms with Crippen molar-refractivity contribution in [3.8, 4) is 0 Å². The van der Waals surface area contributed by atoms with Gasteiger partial charge in [-0.25, -0.2) is 4.98 Å². The second kappa shape index (κ2) is 3.97. The van der Waals surface area contributed by atoms with E-state index in [0.29, 0.717) is 0 Å². The summed E-state index contributed by atoms with van der Waals surface area (Å²) in [7, 11) is 0. The van der Waals surface area contributed by atoms with E-state index in [-0.39, 0.29) is 0 Å². The summed E-state index contributed by atoms with van der Waals surface area (Å²) in [5.41, 5.74) is 1.88. The SMILES string of the molecule is OC(c1ccsc1)c1nc2ccccc2s1. The number of thiazole rings is 1. The third-order valence-corrected chi connectivity index (χ3v) is 4.19. The number of rotatable bonds is 2. The lowest BCUT2D eigenvalue weighted by atomic mass is 10.2. The van der Waals surface area contributed by atoms with E-state index in [4.69, 9.17) is 0 Å². The fraction of sp³-hybridized carbons (Fsp3) is 0.0833. The maximum absolute atomic E-state index is 10.1. The summed E-state index contributed by atoms with van der Waals surface area (Å²) in [6, 6.07) is 9.87. The Labute approximate surface area is 101 Å². The predicted molar refractivity (Wildman–Crippen MR) is 68.0 cm³/mol. The minimum atomic E-state index is -0.594. The third kappa shape index (κ3) is 1.65. The molecule has 1 unspecified atom stereocenters. The number of aliphatic hydroxyl groups excluding tert-OH is 1. The molecule has 1 N–H and O–H groups in total. The van der Waals surface area contributed by atoms with Gasteiger partial charge in [-0.05, 0) is 34.5 Å². The maximum Gasteiger partial charge on any atom is 0.131 e. The number of hydrogen-bond acceptors (Lipinski definition) is 4. The molecule has 3 aromatic rings. The van der Waals surface area contributed by atoms with Gasteiger partial charge in [0.1, 0.15) is 11.1 Å². The number of fused-ring (bicyclic) bond motifs is 1. The fourth-order valence-corrected chi connectivity index (χ4v) is 3.24. The van der Waals surface area contributed by atoms with E-state index in [9.17, 15) is 5.11 Å². The molecule has 0 aliphatic rings. The molecule has 0 bridgehead atoms. The van der Waals surface area contributed by atoms with Crippen LogP contribution in [0.2, 0.25) is 0 Å². The van der Waals surface area contributed by atoms with Gasteiger partial charge >= 0.3 is 0 Å². The summed E-state index contributed by atoms with van der Waals surface area (Å²) in [4.78, 5) is 4.44. The van der Waals surface area contributed by atoms with Crippen molar-refractivity contribution in [2.75, 3.05) is 0 Å². The third-order valence-electron chi connectivity index (χ3n) is 2.40. The number of aliphatic hydroxyl groups is 1. The largest absolute Gasteiger partial charge is 0.381 e. The molecule has 0 saturated heterocycles. The van der Waals surface area contributed by atoms with Crippen molar-refractivity contribution in [2.45, 2.75) is 6.10 Å². The van der Waals surface area contributed by atoms with Crippen LogP contribution in [0.3, 0.4) is 0 Å². The Balaban J connectivity index is 2.06. The summed E-state index contributed by atoms with van der Waals surface area (Å²) >= 11 is 3.13. The Morgan fingerprint density at radius 3 is 2.81 bits per heavy atom. The van der Waals surface area contributed by atoms with Gasteiger partial charge in [0.25, 0.3) is 0 Å². The molecule has 0 aliphatic carbocycles. The highest BCUT2D eigenvalue weighted by Crippen LogP contribution is 2.30. The van der Waals surface area contributed by atoms with Crippen molar-refractivity contribution in [3.63, 3.8) is 0 Å². The molecule has 0 radical (unpaired) electrons. The van der Waals surface area contributed by atoms with E-state index < -0.39 is 6.10 Å². The van der Waals surface area contributed by atoms with Crippen LogP contribution >= 0.6 is 22.7 Å². The minimum Gasteiger partial charge on any atom is -0.381 e. The molecular weight excluding hydrogens is 238 g/mol. The molecule has 0 saturated carbocycles. The summed E-state index contributed by atoms with van der Waals surface area (Å²) in [6.07, 6.45) is -0.594. The molecule has 1 atom stereocenters. The van der Waals surface area contributed by atoms with Crippen LogP contribution in [0.4, 0.5) is 0 Å². The minimum absolute atomic E-state index is 0.594. The van der Waals surface area contributed by atoms with Gasteiger partial charge in [-0.15, -0.1) is 11.3 Å². The summed E-state index contributed by atoms with van der Waals surface area (Å²) in [5.74, 6) is 0. The monoisotopic (exact) mass is 247 g/mol. The first-order valence-electron chi connectivity index (χ1n) is 4.90. The van der Waals surface area contributed by atoms with Gasteiger partial charge in [0, 0.05) is 0 Å². The summed E-state index contributed by atoms with van der Waals surface area (Å²) in [6.45, 7) is 0. The standard InChI is InChI=1S/C12H9NOS2/c14-11(8-5-6-15-7-8)12-13-9-3-1-2-4-10(9)16-12/h1-7,11,14H. The lowest BCUT2D eigenvalue weighted by Gasteiger charge is -2.03. The van der Waals surface area contributed by atoms with Crippen LogP contribution in [-0.2, 0) is 0 Å². The van der Waals surface area contributed by atoms with Crippen molar-refractivity contribution >= 4 is 32.9 Å². The maximum atomic E-state index is 10.1. The van der Waals surface area contributed by atoms with E-state index in [2.05, 4.69) is 4.98 Å². The second-order valence-electron chi connectivity index (χ2n) is 3.48. The number of hydrogen-bond donors (Lipinski definition) is 1.